The smallest absolute Gasteiger partial charge is 0.153 e. The summed E-state index contributed by atoms with van der Waals surface area (Å²) in [6.45, 7) is 2.43. The maximum absolute atomic E-state index is 5.78. The van der Waals surface area contributed by atoms with Crippen LogP contribution in [-0.2, 0) is 6.54 Å². The summed E-state index contributed by atoms with van der Waals surface area (Å²) in [4.78, 5) is 4.39. The molecule has 0 radical (unpaired) electrons. The molecule has 0 aromatic carbocycles. The van der Waals surface area contributed by atoms with Crippen LogP contribution in [0.25, 0.3) is 5.82 Å². The molecular weight excluding hydrogens is 212 g/mol. The topological polar surface area (TPSA) is 56.7 Å². The Balaban J connectivity index is 2.42. The first-order valence-corrected chi connectivity index (χ1v) is 4.95. The van der Waals surface area contributed by atoms with Crippen molar-refractivity contribution in [2.45, 2.75) is 13.5 Å². The van der Waals surface area contributed by atoms with Gasteiger partial charge >= 0.3 is 0 Å². The molecule has 0 bridgehead atoms. The summed E-state index contributed by atoms with van der Waals surface area (Å²) in [5.41, 5.74) is 7.52. The van der Waals surface area contributed by atoms with Gasteiger partial charge in [0, 0.05) is 12.2 Å². The highest BCUT2D eigenvalue weighted by Gasteiger charge is 2.03. The molecule has 78 valence electrons. The van der Waals surface area contributed by atoms with Crippen LogP contribution >= 0.6 is 11.6 Å². The second kappa shape index (κ2) is 4.00. The summed E-state index contributed by atoms with van der Waals surface area (Å²) in [5.74, 6) is 0.747. The summed E-state index contributed by atoms with van der Waals surface area (Å²) in [6.07, 6.45) is 3.29. The number of pyridine rings is 1. The Hall–Kier alpha value is -1.39. The van der Waals surface area contributed by atoms with Crippen LogP contribution in [0.5, 0.6) is 0 Å². The predicted octanol–water partition coefficient (Wildman–Crippen LogP) is 1.69. The van der Waals surface area contributed by atoms with E-state index in [9.17, 15) is 0 Å². The Kier molecular flexibility index (Phi) is 2.70. The molecule has 5 heteroatoms. The van der Waals surface area contributed by atoms with E-state index < -0.39 is 0 Å². The highest BCUT2D eigenvalue weighted by Crippen LogP contribution is 2.12. The van der Waals surface area contributed by atoms with Crippen LogP contribution in [0, 0.1) is 6.92 Å². The van der Waals surface area contributed by atoms with Gasteiger partial charge in [-0.15, -0.1) is 0 Å². The van der Waals surface area contributed by atoms with Crippen molar-refractivity contribution >= 4 is 11.6 Å². The summed E-state index contributed by atoms with van der Waals surface area (Å²) in [5, 5.41) is 4.67. The van der Waals surface area contributed by atoms with Crippen molar-refractivity contribution in [1.29, 1.82) is 0 Å². The largest absolute Gasteiger partial charge is 0.326 e. The molecule has 0 aliphatic heterocycles. The molecule has 2 heterocycles. The van der Waals surface area contributed by atoms with E-state index in [1.807, 2.05) is 19.1 Å². The molecule has 4 nitrogen and oxygen atoms in total. The molecule has 0 fully saturated rings. The van der Waals surface area contributed by atoms with E-state index in [0.29, 0.717) is 11.6 Å². The van der Waals surface area contributed by atoms with Gasteiger partial charge in [-0.2, -0.15) is 5.10 Å². The van der Waals surface area contributed by atoms with E-state index in [0.717, 1.165) is 17.1 Å². The van der Waals surface area contributed by atoms with Gasteiger partial charge in [0.05, 0.1) is 17.4 Å². The fraction of sp³-hybridized carbons (Fsp3) is 0.200. The van der Waals surface area contributed by atoms with Gasteiger partial charge in [-0.3, -0.25) is 0 Å². The minimum absolute atomic E-state index is 0.499. The second-order valence-electron chi connectivity index (χ2n) is 3.22. The van der Waals surface area contributed by atoms with Gasteiger partial charge in [-0.25, -0.2) is 9.67 Å². The molecule has 0 saturated carbocycles. The lowest BCUT2D eigenvalue weighted by Crippen LogP contribution is -2.04. The second-order valence-corrected chi connectivity index (χ2v) is 3.66. The molecular formula is C10H11ClN4. The van der Waals surface area contributed by atoms with Gasteiger partial charge in [0.25, 0.3) is 0 Å². The Morgan fingerprint density at radius 2 is 2.27 bits per heavy atom. The van der Waals surface area contributed by atoms with Gasteiger partial charge in [0.1, 0.15) is 0 Å². The fourth-order valence-electron chi connectivity index (χ4n) is 1.35. The third-order valence-electron chi connectivity index (χ3n) is 2.19. The molecule has 2 rings (SSSR count). The number of nitrogens with zero attached hydrogens (tertiary/aromatic N) is 3. The van der Waals surface area contributed by atoms with Crippen LogP contribution in [0.4, 0.5) is 0 Å². The third kappa shape index (κ3) is 2.00. The van der Waals surface area contributed by atoms with Crippen molar-refractivity contribution in [2.75, 3.05) is 0 Å². The van der Waals surface area contributed by atoms with Gasteiger partial charge < -0.3 is 5.73 Å². The van der Waals surface area contributed by atoms with Gasteiger partial charge in [0.15, 0.2) is 5.82 Å². The first-order chi connectivity index (χ1) is 7.20. The Morgan fingerprint density at radius 3 is 2.80 bits per heavy atom. The minimum Gasteiger partial charge on any atom is -0.326 e. The fourth-order valence-corrected chi connectivity index (χ4v) is 1.48. The van der Waals surface area contributed by atoms with E-state index in [1.54, 1.807) is 17.1 Å². The maximum Gasteiger partial charge on any atom is 0.153 e. The van der Waals surface area contributed by atoms with Crippen molar-refractivity contribution < 1.29 is 0 Å². The first kappa shape index (κ1) is 10.1. The van der Waals surface area contributed by atoms with Crippen molar-refractivity contribution in [3.8, 4) is 5.82 Å². The van der Waals surface area contributed by atoms with Crippen LogP contribution < -0.4 is 5.73 Å². The van der Waals surface area contributed by atoms with E-state index in [4.69, 9.17) is 17.3 Å². The van der Waals surface area contributed by atoms with Gasteiger partial charge in [0.2, 0.25) is 0 Å². The molecule has 0 aliphatic carbocycles. The molecule has 2 aromatic heterocycles. The quantitative estimate of drug-likeness (QED) is 0.841. The Bertz CT molecular complexity index is 478. The average Bonchev–Trinajstić information content (AvgIpc) is 2.65. The molecule has 15 heavy (non-hydrogen) atoms. The predicted molar refractivity (Wildman–Crippen MR) is 59.0 cm³/mol. The number of nitrogens with two attached hydrogens (primary N) is 1. The van der Waals surface area contributed by atoms with E-state index >= 15 is 0 Å². The van der Waals surface area contributed by atoms with Crippen LogP contribution in [0.1, 0.15) is 11.3 Å². The van der Waals surface area contributed by atoms with Crippen molar-refractivity contribution in [2.24, 2.45) is 5.73 Å². The monoisotopic (exact) mass is 222 g/mol. The highest BCUT2D eigenvalue weighted by molar-refractivity contribution is 6.30. The zero-order chi connectivity index (χ0) is 10.8. The van der Waals surface area contributed by atoms with Crippen LogP contribution in [0.3, 0.4) is 0 Å². The van der Waals surface area contributed by atoms with E-state index in [1.165, 1.54) is 0 Å². The molecule has 2 N–H and O–H groups in total. The van der Waals surface area contributed by atoms with E-state index in [-0.39, 0.29) is 0 Å². The van der Waals surface area contributed by atoms with Crippen molar-refractivity contribution in [3.05, 3.63) is 40.8 Å². The zero-order valence-corrected chi connectivity index (χ0v) is 9.07. The van der Waals surface area contributed by atoms with Crippen LogP contribution in [0.15, 0.2) is 24.5 Å². The summed E-state index contributed by atoms with van der Waals surface area (Å²) < 4.78 is 1.63. The standard InChI is InChI=1S/C10H11ClN4/c1-7-8(4-12)2-3-10(14-7)15-6-9(11)5-13-15/h2-3,5-6H,4,12H2,1H3. The Morgan fingerprint density at radius 1 is 1.47 bits per heavy atom. The number of hydrogen-bond donors (Lipinski definition) is 1. The van der Waals surface area contributed by atoms with Gasteiger partial charge in [-0.1, -0.05) is 17.7 Å². The molecule has 0 saturated heterocycles. The summed E-state index contributed by atoms with van der Waals surface area (Å²) in [7, 11) is 0. The SMILES string of the molecule is Cc1nc(-n2cc(Cl)cn2)ccc1CN. The Labute approximate surface area is 92.7 Å². The maximum atomic E-state index is 5.78. The van der Waals surface area contributed by atoms with Crippen molar-refractivity contribution in [1.82, 2.24) is 14.8 Å². The number of halogens is 1. The number of hydrogen-bond acceptors (Lipinski definition) is 3. The molecule has 0 atom stereocenters. The summed E-state index contributed by atoms with van der Waals surface area (Å²) >= 11 is 5.78. The zero-order valence-electron chi connectivity index (χ0n) is 8.31. The van der Waals surface area contributed by atoms with Crippen LogP contribution in [0.2, 0.25) is 5.02 Å². The summed E-state index contributed by atoms with van der Waals surface area (Å²) in [6, 6.07) is 3.83. The molecule has 0 aliphatic rings. The number of aromatic nitrogens is 3. The van der Waals surface area contributed by atoms with Crippen LogP contribution in [-0.4, -0.2) is 14.8 Å². The lowest BCUT2D eigenvalue weighted by Gasteiger charge is -2.05. The molecule has 0 spiro atoms. The minimum atomic E-state index is 0.499. The van der Waals surface area contributed by atoms with Crippen molar-refractivity contribution in [3.63, 3.8) is 0 Å². The molecule has 2 aromatic rings. The van der Waals surface area contributed by atoms with Gasteiger partial charge in [-0.05, 0) is 18.6 Å². The lowest BCUT2D eigenvalue weighted by molar-refractivity contribution is 0.834. The third-order valence-corrected chi connectivity index (χ3v) is 2.38. The van der Waals surface area contributed by atoms with E-state index in [2.05, 4.69) is 10.1 Å². The first-order valence-electron chi connectivity index (χ1n) is 4.58. The molecule has 0 amide bonds. The average molecular weight is 223 g/mol. The number of rotatable bonds is 2. The molecule has 0 unspecified atom stereocenters. The number of aryl methyl sites for hydroxylation is 1. The normalized spacial score (nSPS) is 10.6. The lowest BCUT2D eigenvalue weighted by atomic mass is 10.2. The highest BCUT2D eigenvalue weighted by atomic mass is 35.5.